The van der Waals surface area contributed by atoms with Gasteiger partial charge in [-0.15, -0.1) is 0 Å². The average Bonchev–Trinajstić information content (AvgIpc) is 2.93. The van der Waals surface area contributed by atoms with Gasteiger partial charge in [0.2, 0.25) is 0 Å². The molecule has 2 rings (SSSR count). The Morgan fingerprint density at radius 1 is 1.50 bits per heavy atom. The third kappa shape index (κ3) is 1.92. The zero-order valence-electron chi connectivity index (χ0n) is 8.26. The predicted molar refractivity (Wildman–Crippen MR) is 59.0 cm³/mol. The SMILES string of the molecule is Cc1cc(Cl)ccc1C(NN)C1CC1. The average molecular weight is 211 g/mol. The van der Waals surface area contributed by atoms with E-state index in [1.54, 1.807) is 0 Å². The number of nitrogens with one attached hydrogen (secondary N) is 1. The fourth-order valence-electron chi connectivity index (χ4n) is 1.90. The molecule has 1 fully saturated rings. The number of aryl methyl sites for hydroxylation is 1. The Labute approximate surface area is 89.4 Å². The fourth-order valence-corrected chi connectivity index (χ4v) is 2.12. The van der Waals surface area contributed by atoms with Crippen molar-refractivity contribution in [2.24, 2.45) is 11.8 Å². The van der Waals surface area contributed by atoms with E-state index < -0.39 is 0 Å². The summed E-state index contributed by atoms with van der Waals surface area (Å²) in [5, 5.41) is 0.790. The summed E-state index contributed by atoms with van der Waals surface area (Å²) in [4.78, 5) is 0. The first-order valence-electron chi connectivity index (χ1n) is 4.94. The second-order valence-corrected chi connectivity index (χ2v) is 4.42. The number of halogens is 1. The molecule has 0 bridgehead atoms. The largest absolute Gasteiger partial charge is 0.271 e. The molecule has 1 atom stereocenters. The zero-order chi connectivity index (χ0) is 10.1. The van der Waals surface area contributed by atoms with Crippen molar-refractivity contribution in [2.75, 3.05) is 0 Å². The zero-order valence-corrected chi connectivity index (χ0v) is 9.01. The standard InChI is InChI=1S/C11H15ClN2/c1-7-6-9(12)4-5-10(7)11(14-13)8-2-3-8/h4-6,8,11,14H,2-3,13H2,1H3. The lowest BCUT2D eigenvalue weighted by atomic mass is 9.98. The first-order valence-corrected chi connectivity index (χ1v) is 5.32. The van der Waals surface area contributed by atoms with Crippen LogP contribution in [0.3, 0.4) is 0 Å². The summed E-state index contributed by atoms with van der Waals surface area (Å²) < 4.78 is 0. The van der Waals surface area contributed by atoms with E-state index in [2.05, 4.69) is 18.4 Å². The van der Waals surface area contributed by atoms with Crippen LogP contribution in [0.4, 0.5) is 0 Å². The summed E-state index contributed by atoms with van der Waals surface area (Å²) in [5.74, 6) is 6.28. The van der Waals surface area contributed by atoms with Crippen molar-refractivity contribution in [3.8, 4) is 0 Å². The van der Waals surface area contributed by atoms with E-state index in [9.17, 15) is 0 Å². The van der Waals surface area contributed by atoms with Crippen LogP contribution < -0.4 is 11.3 Å². The minimum atomic E-state index is 0.298. The van der Waals surface area contributed by atoms with E-state index in [-0.39, 0.29) is 0 Å². The Hall–Kier alpha value is -0.570. The molecule has 0 aliphatic heterocycles. The van der Waals surface area contributed by atoms with E-state index in [1.807, 2.05) is 12.1 Å². The summed E-state index contributed by atoms with van der Waals surface area (Å²) in [6, 6.07) is 6.29. The van der Waals surface area contributed by atoms with Crippen LogP contribution in [0.2, 0.25) is 5.02 Å². The van der Waals surface area contributed by atoms with Crippen LogP contribution in [-0.2, 0) is 0 Å². The molecule has 1 aromatic carbocycles. The predicted octanol–water partition coefficient (Wildman–Crippen LogP) is 2.56. The molecule has 1 aliphatic carbocycles. The topological polar surface area (TPSA) is 38.0 Å². The van der Waals surface area contributed by atoms with Gasteiger partial charge in [0.1, 0.15) is 0 Å². The molecule has 1 aromatic rings. The number of hydrogen-bond donors (Lipinski definition) is 2. The Kier molecular flexibility index (Phi) is 2.77. The maximum absolute atomic E-state index is 5.91. The maximum Gasteiger partial charge on any atom is 0.0490 e. The van der Waals surface area contributed by atoms with Crippen molar-refractivity contribution in [1.29, 1.82) is 0 Å². The molecule has 0 aromatic heterocycles. The number of benzene rings is 1. The Balaban J connectivity index is 2.29. The number of rotatable bonds is 3. The highest BCUT2D eigenvalue weighted by atomic mass is 35.5. The molecule has 0 spiro atoms. The van der Waals surface area contributed by atoms with Gasteiger partial charge in [-0.25, -0.2) is 0 Å². The van der Waals surface area contributed by atoms with Crippen molar-refractivity contribution in [3.63, 3.8) is 0 Å². The summed E-state index contributed by atoms with van der Waals surface area (Å²) in [7, 11) is 0. The van der Waals surface area contributed by atoms with Gasteiger partial charge in [0.25, 0.3) is 0 Å². The molecule has 3 heteroatoms. The van der Waals surface area contributed by atoms with Crippen molar-refractivity contribution in [1.82, 2.24) is 5.43 Å². The monoisotopic (exact) mass is 210 g/mol. The molecule has 2 nitrogen and oxygen atoms in total. The quantitative estimate of drug-likeness (QED) is 0.595. The van der Waals surface area contributed by atoms with Gasteiger partial charge < -0.3 is 0 Å². The van der Waals surface area contributed by atoms with Gasteiger partial charge in [0.05, 0.1) is 0 Å². The lowest BCUT2D eigenvalue weighted by Crippen LogP contribution is -2.29. The van der Waals surface area contributed by atoms with Gasteiger partial charge in [-0.1, -0.05) is 17.7 Å². The second kappa shape index (κ2) is 3.89. The van der Waals surface area contributed by atoms with Crippen LogP contribution >= 0.6 is 11.6 Å². The van der Waals surface area contributed by atoms with Crippen molar-refractivity contribution in [3.05, 3.63) is 34.3 Å². The van der Waals surface area contributed by atoms with Gasteiger partial charge in [-0.2, -0.15) is 0 Å². The van der Waals surface area contributed by atoms with E-state index in [1.165, 1.54) is 24.0 Å². The van der Waals surface area contributed by atoms with Crippen LogP contribution in [0.5, 0.6) is 0 Å². The summed E-state index contributed by atoms with van der Waals surface area (Å²) in [5.41, 5.74) is 5.39. The first kappa shape index (κ1) is 9.97. The van der Waals surface area contributed by atoms with Crippen molar-refractivity contribution < 1.29 is 0 Å². The Morgan fingerprint density at radius 2 is 2.21 bits per heavy atom. The third-order valence-corrected chi connectivity index (χ3v) is 3.07. The molecule has 0 amide bonds. The highest BCUT2D eigenvalue weighted by Crippen LogP contribution is 2.41. The molecule has 1 saturated carbocycles. The normalized spacial score (nSPS) is 18.2. The number of hydrogen-bond acceptors (Lipinski definition) is 2. The Bertz CT molecular complexity index is 334. The third-order valence-electron chi connectivity index (χ3n) is 2.84. The lowest BCUT2D eigenvalue weighted by molar-refractivity contribution is 0.494. The molecule has 0 heterocycles. The summed E-state index contributed by atoms with van der Waals surface area (Å²) >= 11 is 5.91. The van der Waals surface area contributed by atoms with E-state index in [4.69, 9.17) is 17.4 Å². The van der Waals surface area contributed by atoms with Gasteiger partial charge in [-0.05, 0) is 48.9 Å². The minimum Gasteiger partial charge on any atom is -0.271 e. The molecule has 14 heavy (non-hydrogen) atoms. The van der Waals surface area contributed by atoms with E-state index in [0.29, 0.717) is 12.0 Å². The lowest BCUT2D eigenvalue weighted by Gasteiger charge is -2.17. The summed E-state index contributed by atoms with van der Waals surface area (Å²) in [6.45, 7) is 2.08. The molecule has 3 N–H and O–H groups in total. The molecular formula is C11H15ClN2. The van der Waals surface area contributed by atoms with Crippen LogP contribution in [0.1, 0.15) is 30.0 Å². The van der Waals surface area contributed by atoms with Gasteiger partial charge in [0.15, 0.2) is 0 Å². The fraction of sp³-hybridized carbons (Fsp3) is 0.455. The van der Waals surface area contributed by atoms with Crippen LogP contribution in [0.25, 0.3) is 0 Å². The second-order valence-electron chi connectivity index (χ2n) is 3.98. The Morgan fingerprint density at radius 3 is 2.71 bits per heavy atom. The van der Waals surface area contributed by atoms with Crippen LogP contribution in [0.15, 0.2) is 18.2 Å². The van der Waals surface area contributed by atoms with E-state index in [0.717, 1.165) is 5.02 Å². The molecule has 1 aliphatic rings. The van der Waals surface area contributed by atoms with Crippen molar-refractivity contribution >= 4 is 11.6 Å². The highest BCUT2D eigenvalue weighted by molar-refractivity contribution is 6.30. The molecular weight excluding hydrogens is 196 g/mol. The molecule has 1 unspecified atom stereocenters. The highest BCUT2D eigenvalue weighted by Gasteiger charge is 2.32. The minimum absolute atomic E-state index is 0.298. The van der Waals surface area contributed by atoms with Gasteiger partial charge in [0, 0.05) is 11.1 Å². The van der Waals surface area contributed by atoms with Crippen LogP contribution in [0, 0.1) is 12.8 Å². The molecule has 0 saturated heterocycles. The number of nitrogens with two attached hydrogens (primary N) is 1. The van der Waals surface area contributed by atoms with Gasteiger partial charge >= 0.3 is 0 Å². The first-order chi connectivity index (χ1) is 6.72. The van der Waals surface area contributed by atoms with E-state index >= 15 is 0 Å². The molecule has 0 radical (unpaired) electrons. The summed E-state index contributed by atoms with van der Waals surface area (Å²) in [6.07, 6.45) is 2.55. The smallest absolute Gasteiger partial charge is 0.0490 e. The molecule has 76 valence electrons. The van der Waals surface area contributed by atoms with Gasteiger partial charge in [-0.3, -0.25) is 11.3 Å². The maximum atomic E-state index is 5.91. The van der Waals surface area contributed by atoms with Crippen LogP contribution in [-0.4, -0.2) is 0 Å². The number of hydrazine groups is 1. The van der Waals surface area contributed by atoms with Crippen molar-refractivity contribution in [2.45, 2.75) is 25.8 Å².